The van der Waals surface area contributed by atoms with Gasteiger partial charge in [-0.3, -0.25) is 0 Å². The highest BCUT2D eigenvalue weighted by atomic mass is 14.9. The van der Waals surface area contributed by atoms with Crippen molar-refractivity contribution in [2.24, 2.45) is 5.92 Å². The van der Waals surface area contributed by atoms with E-state index >= 15 is 0 Å². The lowest BCUT2D eigenvalue weighted by molar-refractivity contribution is 0.419. The number of benzene rings is 2. The number of hydrogen-bond donors (Lipinski definition) is 2. The van der Waals surface area contributed by atoms with Gasteiger partial charge < -0.3 is 10.6 Å². The average molecular weight is 327 g/mol. The van der Waals surface area contributed by atoms with Gasteiger partial charge in [-0.15, -0.1) is 0 Å². The molecular formula is C22H34N2. The molecule has 0 saturated heterocycles. The standard InChI is InChI=1S/C22H34N2/c1-17(2)16-24-19(4)10-9-18(3)23-14-13-20-11-12-21-7-5-6-8-22(21)15-20/h5-8,11-12,15,17-19,23-24H,9-10,13-14,16H2,1-4H3. The molecule has 0 radical (unpaired) electrons. The maximum atomic E-state index is 3.67. The van der Waals surface area contributed by atoms with Crippen LogP contribution in [0.2, 0.25) is 0 Å². The summed E-state index contributed by atoms with van der Waals surface area (Å²) in [5, 5.41) is 9.95. The van der Waals surface area contributed by atoms with Gasteiger partial charge in [0.05, 0.1) is 0 Å². The van der Waals surface area contributed by atoms with Gasteiger partial charge in [0.15, 0.2) is 0 Å². The lowest BCUT2D eigenvalue weighted by Crippen LogP contribution is -2.33. The van der Waals surface area contributed by atoms with E-state index in [-0.39, 0.29) is 0 Å². The minimum absolute atomic E-state index is 0.578. The predicted molar refractivity (Wildman–Crippen MR) is 107 cm³/mol. The fraction of sp³-hybridized carbons (Fsp3) is 0.545. The van der Waals surface area contributed by atoms with E-state index in [1.54, 1.807) is 0 Å². The van der Waals surface area contributed by atoms with Crippen LogP contribution in [0.4, 0.5) is 0 Å². The molecule has 0 fully saturated rings. The van der Waals surface area contributed by atoms with Crippen molar-refractivity contribution in [3.8, 4) is 0 Å². The number of hydrogen-bond acceptors (Lipinski definition) is 2. The lowest BCUT2D eigenvalue weighted by Gasteiger charge is -2.19. The van der Waals surface area contributed by atoms with E-state index in [1.165, 1.54) is 29.2 Å². The molecule has 0 amide bonds. The molecule has 2 unspecified atom stereocenters. The summed E-state index contributed by atoms with van der Waals surface area (Å²) in [6.07, 6.45) is 3.55. The number of nitrogens with one attached hydrogen (secondary N) is 2. The largest absolute Gasteiger partial charge is 0.314 e. The molecular weight excluding hydrogens is 292 g/mol. The maximum absolute atomic E-state index is 3.67. The Labute approximate surface area is 148 Å². The molecule has 2 atom stereocenters. The molecule has 0 aliphatic heterocycles. The van der Waals surface area contributed by atoms with Gasteiger partial charge in [-0.05, 0) is 68.5 Å². The van der Waals surface area contributed by atoms with Crippen molar-refractivity contribution in [2.45, 2.75) is 59.0 Å². The van der Waals surface area contributed by atoms with Crippen molar-refractivity contribution in [1.29, 1.82) is 0 Å². The van der Waals surface area contributed by atoms with E-state index in [0.29, 0.717) is 12.1 Å². The Bertz CT molecular complexity index is 606. The molecule has 24 heavy (non-hydrogen) atoms. The van der Waals surface area contributed by atoms with Crippen LogP contribution in [0.1, 0.15) is 46.1 Å². The molecule has 0 bridgehead atoms. The summed E-state index contributed by atoms with van der Waals surface area (Å²) in [6.45, 7) is 11.3. The van der Waals surface area contributed by atoms with Crippen LogP contribution in [0.15, 0.2) is 42.5 Å². The highest BCUT2D eigenvalue weighted by Crippen LogP contribution is 2.15. The van der Waals surface area contributed by atoms with Gasteiger partial charge in [-0.25, -0.2) is 0 Å². The van der Waals surface area contributed by atoms with Crippen LogP contribution in [0.3, 0.4) is 0 Å². The first kappa shape index (κ1) is 19.0. The quantitative estimate of drug-likeness (QED) is 0.657. The summed E-state index contributed by atoms with van der Waals surface area (Å²) in [4.78, 5) is 0. The normalized spacial score (nSPS) is 14.2. The zero-order valence-electron chi connectivity index (χ0n) is 15.8. The molecule has 2 N–H and O–H groups in total. The fourth-order valence-electron chi connectivity index (χ4n) is 3.00. The number of fused-ring (bicyclic) bond motifs is 1. The Morgan fingerprint density at radius 3 is 2.17 bits per heavy atom. The zero-order chi connectivity index (χ0) is 17.4. The van der Waals surface area contributed by atoms with Crippen LogP contribution in [-0.2, 0) is 6.42 Å². The Morgan fingerprint density at radius 2 is 1.46 bits per heavy atom. The first-order valence-corrected chi connectivity index (χ1v) is 9.49. The third-order valence-corrected chi connectivity index (χ3v) is 4.63. The maximum Gasteiger partial charge on any atom is 0.00394 e. The topological polar surface area (TPSA) is 24.1 Å². The molecule has 2 heteroatoms. The fourth-order valence-corrected chi connectivity index (χ4v) is 3.00. The smallest absolute Gasteiger partial charge is 0.00394 e. The van der Waals surface area contributed by atoms with Crippen molar-refractivity contribution in [2.75, 3.05) is 13.1 Å². The Morgan fingerprint density at radius 1 is 0.792 bits per heavy atom. The Balaban J connectivity index is 1.67. The molecule has 0 aliphatic rings. The van der Waals surface area contributed by atoms with E-state index < -0.39 is 0 Å². The minimum Gasteiger partial charge on any atom is -0.314 e. The van der Waals surface area contributed by atoms with Crippen LogP contribution in [0, 0.1) is 5.92 Å². The second-order valence-electron chi connectivity index (χ2n) is 7.57. The molecule has 0 spiro atoms. The second kappa shape index (κ2) is 9.80. The molecule has 0 saturated carbocycles. The summed E-state index contributed by atoms with van der Waals surface area (Å²) in [6, 6.07) is 16.6. The summed E-state index contributed by atoms with van der Waals surface area (Å²) in [5.41, 5.74) is 1.42. The molecule has 2 nitrogen and oxygen atoms in total. The third-order valence-electron chi connectivity index (χ3n) is 4.63. The predicted octanol–water partition coefficient (Wildman–Crippen LogP) is 4.77. The van der Waals surface area contributed by atoms with Crippen molar-refractivity contribution < 1.29 is 0 Å². The second-order valence-corrected chi connectivity index (χ2v) is 7.57. The first-order chi connectivity index (χ1) is 11.5. The van der Waals surface area contributed by atoms with Crippen molar-refractivity contribution in [3.05, 3.63) is 48.0 Å². The summed E-state index contributed by atoms with van der Waals surface area (Å²) in [7, 11) is 0. The lowest BCUT2D eigenvalue weighted by atomic mass is 10.0. The van der Waals surface area contributed by atoms with Crippen LogP contribution < -0.4 is 10.6 Å². The zero-order valence-corrected chi connectivity index (χ0v) is 15.8. The van der Waals surface area contributed by atoms with Gasteiger partial charge in [0.2, 0.25) is 0 Å². The van der Waals surface area contributed by atoms with Gasteiger partial charge in [0, 0.05) is 12.1 Å². The van der Waals surface area contributed by atoms with E-state index in [4.69, 9.17) is 0 Å². The van der Waals surface area contributed by atoms with Crippen molar-refractivity contribution in [1.82, 2.24) is 10.6 Å². The van der Waals surface area contributed by atoms with Gasteiger partial charge in [0.25, 0.3) is 0 Å². The van der Waals surface area contributed by atoms with E-state index in [9.17, 15) is 0 Å². The third kappa shape index (κ3) is 6.62. The van der Waals surface area contributed by atoms with Gasteiger partial charge in [-0.2, -0.15) is 0 Å². The summed E-state index contributed by atoms with van der Waals surface area (Å²) >= 11 is 0. The Hall–Kier alpha value is -1.38. The molecule has 0 aliphatic carbocycles. The summed E-state index contributed by atoms with van der Waals surface area (Å²) in [5.74, 6) is 0.727. The highest BCUT2D eigenvalue weighted by molar-refractivity contribution is 5.82. The van der Waals surface area contributed by atoms with Crippen LogP contribution in [-0.4, -0.2) is 25.2 Å². The molecule has 2 rings (SSSR count). The first-order valence-electron chi connectivity index (χ1n) is 9.49. The van der Waals surface area contributed by atoms with E-state index in [1.807, 2.05) is 0 Å². The van der Waals surface area contributed by atoms with Crippen molar-refractivity contribution in [3.63, 3.8) is 0 Å². The molecule has 0 heterocycles. The van der Waals surface area contributed by atoms with Crippen LogP contribution in [0.25, 0.3) is 10.8 Å². The molecule has 2 aromatic carbocycles. The highest BCUT2D eigenvalue weighted by Gasteiger charge is 2.06. The van der Waals surface area contributed by atoms with Crippen molar-refractivity contribution >= 4 is 10.8 Å². The minimum atomic E-state index is 0.578. The van der Waals surface area contributed by atoms with Gasteiger partial charge in [-0.1, -0.05) is 56.3 Å². The number of rotatable bonds is 10. The molecule has 132 valence electrons. The van der Waals surface area contributed by atoms with Gasteiger partial charge >= 0.3 is 0 Å². The average Bonchev–Trinajstić information content (AvgIpc) is 2.58. The summed E-state index contributed by atoms with van der Waals surface area (Å²) < 4.78 is 0. The SMILES string of the molecule is CC(C)CNC(C)CCC(C)NCCc1ccc2ccccc2c1. The van der Waals surface area contributed by atoms with E-state index in [2.05, 4.69) is 80.8 Å². The van der Waals surface area contributed by atoms with Crippen LogP contribution >= 0.6 is 0 Å². The van der Waals surface area contributed by atoms with E-state index in [0.717, 1.165) is 25.4 Å². The molecule has 2 aromatic rings. The van der Waals surface area contributed by atoms with Crippen LogP contribution in [0.5, 0.6) is 0 Å². The monoisotopic (exact) mass is 326 g/mol. The molecule has 0 aromatic heterocycles. The Kier molecular flexibility index (Phi) is 7.74. The van der Waals surface area contributed by atoms with Gasteiger partial charge in [0.1, 0.15) is 0 Å².